The van der Waals surface area contributed by atoms with Gasteiger partial charge in [0.25, 0.3) is 0 Å². The van der Waals surface area contributed by atoms with Gasteiger partial charge in [-0.15, -0.1) is 0 Å². The van der Waals surface area contributed by atoms with Crippen LogP contribution in [0.5, 0.6) is 0 Å². The fourth-order valence-electron chi connectivity index (χ4n) is 4.64. The highest BCUT2D eigenvalue weighted by molar-refractivity contribution is 5.95. The largest absolute Gasteiger partial charge is 0.481 e. The Bertz CT molecular complexity index is 1420. The molecule has 0 fully saturated rings. The highest BCUT2D eigenvalue weighted by Gasteiger charge is 2.32. The number of hydrogen-bond acceptors (Lipinski definition) is 6. The number of carboxylic acid groups (broad SMARTS) is 2. The van der Waals surface area contributed by atoms with Crippen LogP contribution < -0.4 is 21.7 Å². The number of nitrogens with two attached hydrogens (primary N) is 1. The van der Waals surface area contributed by atoms with Gasteiger partial charge in [-0.05, 0) is 29.5 Å². The second-order valence-corrected chi connectivity index (χ2v) is 10.6. The number of rotatable bonds is 16. The molecule has 0 radical (unpaired) electrons. The van der Waals surface area contributed by atoms with Crippen LogP contribution in [0, 0.1) is 5.92 Å². The molecule has 0 saturated heterocycles. The van der Waals surface area contributed by atoms with Gasteiger partial charge >= 0.3 is 11.9 Å². The maximum atomic E-state index is 13.8. The van der Waals surface area contributed by atoms with Crippen molar-refractivity contribution in [1.29, 1.82) is 0 Å². The maximum Gasteiger partial charge on any atom is 0.326 e. The van der Waals surface area contributed by atoms with Crippen molar-refractivity contribution >= 4 is 40.6 Å². The number of nitrogens with one attached hydrogen (secondary N) is 4. The van der Waals surface area contributed by atoms with E-state index < -0.39 is 60.2 Å². The summed E-state index contributed by atoms with van der Waals surface area (Å²) in [6, 6.07) is 11.6. The Kier molecular flexibility index (Phi) is 11.8. The molecule has 12 heteroatoms. The molecule has 0 aliphatic heterocycles. The van der Waals surface area contributed by atoms with E-state index in [2.05, 4.69) is 20.9 Å². The van der Waals surface area contributed by atoms with Gasteiger partial charge in [-0.2, -0.15) is 0 Å². The Hall–Kier alpha value is -4.71. The highest BCUT2D eigenvalue weighted by Crippen LogP contribution is 2.20. The molecule has 3 rings (SSSR count). The number of fused-ring (bicyclic) bond motifs is 1. The van der Waals surface area contributed by atoms with Crippen LogP contribution in [0.3, 0.4) is 0 Å². The van der Waals surface area contributed by atoms with Crippen molar-refractivity contribution in [1.82, 2.24) is 20.9 Å². The van der Waals surface area contributed by atoms with Crippen LogP contribution in [-0.4, -0.2) is 69.0 Å². The predicted molar refractivity (Wildman–Crippen MR) is 160 cm³/mol. The molecule has 8 N–H and O–H groups in total. The molecule has 0 bridgehead atoms. The number of benzene rings is 2. The Balaban J connectivity index is 1.89. The van der Waals surface area contributed by atoms with Gasteiger partial charge < -0.3 is 36.9 Å². The first-order valence-electron chi connectivity index (χ1n) is 14.2. The van der Waals surface area contributed by atoms with Crippen LogP contribution in [0.25, 0.3) is 10.9 Å². The molecule has 1 aromatic heterocycles. The number of aromatic amines is 1. The van der Waals surface area contributed by atoms with Gasteiger partial charge in [0, 0.05) is 36.4 Å². The van der Waals surface area contributed by atoms with Crippen LogP contribution in [0.15, 0.2) is 60.8 Å². The van der Waals surface area contributed by atoms with E-state index in [1.54, 1.807) is 36.5 Å². The monoisotopic (exact) mass is 593 g/mol. The van der Waals surface area contributed by atoms with E-state index in [0.29, 0.717) is 12.0 Å². The number of para-hydroxylation sites is 1. The average molecular weight is 594 g/mol. The number of carbonyl (C=O) groups is 5. The second kappa shape index (κ2) is 15.5. The minimum absolute atomic E-state index is 0.0177. The minimum atomic E-state index is -1.48. The number of aliphatic carboxylic acids is 2. The molecule has 43 heavy (non-hydrogen) atoms. The van der Waals surface area contributed by atoms with Crippen molar-refractivity contribution in [3.8, 4) is 0 Å². The summed E-state index contributed by atoms with van der Waals surface area (Å²) in [4.78, 5) is 66.2. The predicted octanol–water partition coefficient (Wildman–Crippen LogP) is 1.73. The van der Waals surface area contributed by atoms with E-state index in [4.69, 9.17) is 10.8 Å². The fourth-order valence-corrected chi connectivity index (χ4v) is 4.64. The summed E-state index contributed by atoms with van der Waals surface area (Å²) in [5.41, 5.74) is 8.46. The fraction of sp³-hybridized carbons (Fsp3) is 0.387. The molecule has 3 aromatic rings. The standard InChI is InChI=1S/C31H39N5O7/c1-3-18(2)27(32)30(41)36-25(16-20-17-33-22-12-8-7-11-21(20)22)29(40)35-24(15-19-9-5-4-6-10-19)28(39)34-23(31(42)43)13-14-26(37)38/h4-12,17-18,23-25,27,33H,3,13-16,32H2,1-2H3,(H,34,39)(H,35,40)(H,36,41)(H,37,38)(H,42,43). The Morgan fingerprint density at radius 1 is 0.814 bits per heavy atom. The van der Waals surface area contributed by atoms with Crippen molar-refractivity contribution in [2.24, 2.45) is 11.7 Å². The van der Waals surface area contributed by atoms with Crippen molar-refractivity contribution < 1.29 is 34.2 Å². The molecular weight excluding hydrogens is 554 g/mol. The molecule has 5 unspecified atom stereocenters. The maximum absolute atomic E-state index is 13.8. The van der Waals surface area contributed by atoms with Crippen LogP contribution >= 0.6 is 0 Å². The summed E-state index contributed by atoms with van der Waals surface area (Å²) < 4.78 is 0. The van der Waals surface area contributed by atoms with E-state index in [9.17, 15) is 29.1 Å². The Labute approximate surface area is 249 Å². The quantitative estimate of drug-likeness (QED) is 0.130. The average Bonchev–Trinajstić information content (AvgIpc) is 3.40. The lowest BCUT2D eigenvalue weighted by atomic mass is 9.98. The van der Waals surface area contributed by atoms with E-state index in [0.717, 1.165) is 16.5 Å². The number of carbonyl (C=O) groups excluding carboxylic acids is 3. The molecule has 2 aromatic carbocycles. The number of amides is 3. The van der Waals surface area contributed by atoms with Crippen LogP contribution in [-0.2, 0) is 36.8 Å². The summed E-state index contributed by atoms with van der Waals surface area (Å²) >= 11 is 0. The van der Waals surface area contributed by atoms with E-state index >= 15 is 0 Å². The first-order chi connectivity index (χ1) is 20.5. The summed E-state index contributed by atoms with van der Waals surface area (Å²) in [5.74, 6) is -4.74. The lowest BCUT2D eigenvalue weighted by molar-refractivity contribution is -0.143. The van der Waals surface area contributed by atoms with Gasteiger partial charge in [0.2, 0.25) is 17.7 Å². The molecule has 0 aliphatic rings. The lowest BCUT2D eigenvalue weighted by Gasteiger charge is -2.26. The first-order valence-corrected chi connectivity index (χ1v) is 14.2. The molecular formula is C31H39N5O7. The normalized spacial score (nSPS) is 14.6. The second-order valence-electron chi connectivity index (χ2n) is 10.6. The molecule has 5 atom stereocenters. The summed E-state index contributed by atoms with van der Waals surface area (Å²) in [6.07, 6.45) is 1.70. The number of H-pyrrole nitrogens is 1. The number of hydrogen-bond donors (Lipinski definition) is 7. The molecule has 12 nitrogen and oxygen atoms in total. The van der Waals surface area contributed by atoms with Crippen LogP contribution in [0.1, 0.15) is 44.2 Å². The van der Waals surface area contributed by atoms with E-state index in [1.165, 1.54) is 0 Å². The molecule has 3 amide bonds. The molecule has 1 heterocycles. The van der Waals surface area contributed by atoms with Gasteiger partial charge in [0.1, 0.15) is 18.1 Å². The Morgan fingerprint density at radius 3 is 2.02 bits per heavy atom. The molecule has 0 spiro atoms. The number of carboxylic acids is 2. The SMILES string of the molecule is CCC(C)C(N)C(=O)NC(Cc1c[nH]c2ccccc12)C(=O)NC(Cc1ccccc1)C(=O)NC(CCC(=O)O)C(=O)O. The van der Waals surface area contributed by atoms with Crippen LogP contribution in [0.4, 0.5) is 0 Å². The third-order valence-corrected chi connectivity index (χ3v) is 7.47. The van der Waals surface area contributed by atoms with Gasteiger partial charge in [-0.3, -0.25) is 19.2 Å². The van der Waals surface area contributed by atoms with E-state index in [1.807, 2.05) is 38.1 Å². The van der Waals surface area contributed by atoms with Gasteiger partial charge in [-0.25, -0.2) is 4.79 Å². The van der Waals surface area contributed by atoms with Crippen molar-refractivity contribution in [2.75, 3.05) is 0 Å². The zero-order valence-electron chi connectivity index (χ0n) is 24.2. The van der Waals surface area contributed by atoms with Gasteiger partial charge in [0.05, 0.1) is 6.04 Å². The zero-order valence-corrected chi connectivity index (χ0v) is 24.2. The van der Waals surface area contributed by atoms with Crippen molar-refractivity contribution in [3.05, 3.63) is 71.9 Å². The van der Waals surface area contributed by atoms with Gasteiger partial charge in [-0.1, -0.05) is 68.8 Å². The summed E-state index contributed by atoms with van der Waals surface area (Å²) in [6.45, 7) is 3.74. The molecule has 230 valence electrons. The number of aromatic nitrogens is 1. The van der Waals surface area contributed by atoms with Crippen molar-refractivity contribution in [3.63, 3.8) is 0 Å². The third-order valence-electron chi connectivity index (χ3n) is 7.47. The van der Waals surface area contributed by atoms with Crippen LogP contribution in [0.2, 0.25) is 0 Å². The molecule has 0 aliphatic carbocycles. The first kappa shape index (κ1) is 32.8. The minimum Gasteiger partial charge on any atom is -0.481 e. The highest BCUT2D eigenvalue weighted by atomic mass is 16.4. The van der Waals surface area contributed by atoms with E-state index in [-0.39, 0.29) is 25.2 Å². The Morgan fingerprint density at radius 2 is 1.40 bits per heavy atom. The zero-order chi connectivity index (χ0) is 31.5. The lowest BCUT2D eigenvalue weighted by Crippen LogP contribution is -2.58. The molecule has 0 saturated carbocycles. The third kappa shape index (κ3) is 9.40. The topological polar surface area (TPSA) is 204 Å². The summed E-state index contributed by atoms with van der Waals surface area (Å²) in [5, 5.41) is 27.2. The smallest absolute Gasteiger partial charge is 0.326 e. The van der Waals surface area contributed by atoms with Crippen molar-refractivity contribution in [2.45, 2.75) is 70.1 Å². The summed E-state index contributed by atoms with van der Waals surface area (Å²) in [7, 11) is 0. The van der Waals surface area contributed by atoms with Gasteiger partial charge in [0.15, 0.2) is 0 Å².